The number of ether oxygens (including phenoxy) is 1. The molecule has 1 fully saturated rings. The Bertz CT molecular complexity index is 646. The van der Waals surface area contributed by atoms with Gasteiger partial charge in [-0.25, -0.2) is 8.78 Å². The van der Waals surface area contributed by atoms with Crippen molar-refractivity contribution in [2.45, 2.75) is 32.1 Å². The number of benzene rings is 1. The van der Waals surface area contributed by atoms with Crippen LogP contribution in [0.25, 0.3) is 0 Å². The number of nitrogens with one attached hydrogen (secondary N) is 2. The van der Waals surface area contributed by atoms with Gasteiger partial charge in [0.2, 0.25) is 5.91 Å². The van der Waals surface area contributed by atoms with Gasteiger partial charge in [-0.05, 0) is 25.0 Å². The fourth-order valence-electron chi connectivity index (χ4n) is 2.60. The summed E-state index contributed by atoms with van der Waals surface area (Å²) in [5.74, 6) is -3.87. The highest BCUT2D eigenvalue weighted by Crippen LogP contribution is 2.24. The summed E-state index contributed by atoms with van der Waals surface area (Å²) in [6, 6.07) is 2.92. The maximum atomic E-state index is 13.0. The van der Waals surface area contributed by atoms with Gasteiger partial charge in [-0.3, -0.25) is 14.4 Å². The zero-order chi connectivity index (χ0) is 18.2. The molecule has 0 heterocycles. The van der Waals surface area contributed by atoms with Crippen molar-refractivity contribution in [2.75, 3.05) is 18.5 Å². The molecule has 0 atom stereocenters. The van der Waals surface area contributed by atoms with Crippen molar-refractivity contribution in [3.05, 3.63) is 29.8 Å². The number of anilines is 1. The summed E-state index contributed by atoms with van der Waals surface area (Å²) in [5, 5.41) is 4.60. The van der Waals surface area contributed by atoms with E-state index >= 15 is 0 Å². The molecule has 0 aliphatic heterocycles. The van der Waals surface area contributed by atoms with Crippen molar-refractivity contribution in [3.8, 4) is 0 Å². The third-order valence-electron chi connectivity index (χ3n) is 3.93. The van der Waals surface area contributed by atoms with E-state index in [0.29, 0.717) is 0 Å². The molecule has 6 nitrogen and oxygen atoms in total. The highest BCUT2D eigenvalue weighted by molar-refractivity contribution is 5.94. The third kappa shape index (κ3) is 6.13. The molecular formula is C17H20F2N2O4. The minimum absolute atomic E-state index is 0.0712. The summed E-state index contributed by atoms with van der Waals surface area (Å²) < 4.78 is 30.8. The molecular weight excluding hydrogens is 334 g/mol. The zero-order valence-electron chi connectivity index (χ0n) is 13.6. The van der Waals surface area contributed by atoms with Crippen molar-refractivity contribution in [2.24, 2.45) is 5.92 Å². The van der Waals surface area contributed by atoms with E-state index in [1.807, 2.05) is 0 Å². The van der Waals surface area contributed by atoms with E-state index in [4.69, 9.17) is 4.74 Å². The molecule has 0 bridgehead atoms. The summed E-state index contributed by atoms with van der Waals surface area (Å²) >= 11 is 0. The van der Waals surface area contributed by atoms with Crippen LogP contribution in [0.1, 0.15) is 32.1 Å². The Morgan fingerprint density at radius 1 is 1.04 bits per heavy atom. The number of carbonyl (C=O) groups is 3. The molecule has 1 aromatic carbocycles. The Labute approximate surface area is 143 Å². The van der Waals surface area contributed by atoms with Crippen LogP contribution in [-0.2, 0) is 19.1 Å². The molecule has 0 aromatic heterocycles. The molecule has 2 N–H and O–H groups in total. The molecule has 25 heavy (non-hydrogen) atoms. The van der Waals surface area contributed by atoms with Gasteiger partial charge in [-0.15, -0.1) is 0 Å². The highest BCUT2D eigenvalue weighted by atomic mass is 19.2. The van der Waals surface area contributed by atoms with E-state index in [1.54, 1.807) is 0 Å². The number of amides is 2. The second-order valence-corrected chi connectivity index (χ2v) is 5.90. The van der Waals surface area contributed by atoms with E-state index in [-0.39, 0.29) is 24.1 Å². The SMILES string of the molecule is O=C(COC(=O)C1CCCCC1)NCC(=O)Nc1ccc(F)c(F)c1. The molecule has 1 saturated carbocycles. The van der Waals surface area contributed by atoms with Gasteiger partial charge in [-0.1, -0.05) is 19.3 Å². The van der Waals surface area contributed by atoms with Crippen LogP contribution in [0.2, 0.25) is 0 Å². The molecule has 0 unspecified atom stereocenters. The molecule has 0 saturated heterocycles. The molecule has 1 aromatic rings. The second kappa shape index (κ2) is 9.10. The minimum Gasteiger partial charge on any atom is -0.455 e. The van der Waals surface area contributed by atoms with Crippen LogP contribution in [0.15, 0.2) is 18.2 Å². The average molecular weight is 354 g/mol. The Balaban J connectivity index is 1.67. The lowest BCUT2D eigenvalue weighted by Crippen LogP contribution is -2.36. The first-order valence-electron chi connectivity index (χ1n) is 8.14. The summed E-state index contributed by atoms with van der Waals surface area (Å²) in [5.41, 5.74) is 0.0712. The van der Waals surface area contributed by atoms with Gasteiger partial charge in [0.25, 0.3) is 5.91 Å². The highest BCUT2D eigenvalue weighted by Gasteiger charge is 2.23. The van der Waals surface area contributed by atoms with E-state index in [2.05, 4.69) is 10.6 Å². The number of halogens is 2. The topological polar surface area (TPSA) is 84.5 Å². The lowest BCUT2D eigenvalue weighted by atomic mass is 9.89. The van der Waals surface area contributed by atoms with Crippen LogP contribution in [0.3, 0.4) is 0 Å². The third-order valence-corrected chi connectivity index (χ3v) is 3.93. The van der Waals surface area contributed by atoms with E-state index < -0.39 is 30.1 Å². The van der Waals surface area contributed by atoms with Gasteiger partial charge in [0.05, 0.1) is 12.5 Å². The summed E-state index contributed by atoms with van der Waals surface area (Å²) in [4.78, 5) is 35.1. The molecule has 2 rings (SSSR count). The number of hydrogen-bond acceptors (Lipinski definition) is 4. The zero-order valence-corrected chi connectivity index (χ0v) is 13.6. The Kier molecular flexibility index (Phi) is 6.85. The summed E-state index contributed by atoms with van der Waals surface area (Å²) in [6.45, 7) is -0.827. The predicted molar refractivity (Wildman–Crippen MR) is 85.5 cm³/mol. The number of esters is 1. The van der Waals surface area contributed by atoms with Gasteiger partial charge in [-0.2, -0.15) is 0 Å². The van der Waals surface area contributed by atoms with Crippen molar-refractivity contribution in [1.82, 2.24) is 5.32 Å². The van der Waals surface area contributed by atoms with Crippen molar-refractivity contribution < 1.29 is 27.9 Å². The first-order valence-corrected chi connectivity index (χ1v) is 8.14. The second-order valence-electron chi connectivity index (χ2n) is 5.90. The fraction of sp³-hybridized carbons (Fsp3) is 0.471. The standard InChI is InChI=1S/C17H20F2N2O4/c18-13-7-6-12(8-14(13)19)21-15(22)9-20-16(23)10-25-17(24)11-4-2-1-3-5-11/h6-8,11H,1-5,9-10H2,(H,20,23)(H,21,22). The maximum Gasteiger partial charge on any atom is 0.309 e. The van der Waals surface area contributed by atoms with Crippen LogP contribution in [0.4, 0.5) is 14.5 Å². The molecule has 136 valence electrons. The van der Waals surface area contributed by atoms with E-state index in [0.717, 1.165) is 44.2 Å². The van der Waals surface area contributed by atoms with Crippen LogP contribution in [-0.4, -0.2) is 30.9 Å². The summed E-state index contributed by atoms with van der Waals surface area (Å²) in [7, 11) is 0. The molecule has 2 amide bonds. The molecule has 1 aliphatic rings. The van der Waals surface area contributed by atoms with Crippen LogP contribution in [0, 0.1) is 17.6 Å². The largest absolute Gasteiger partial charge is 0.455 e. The lowest BCUT2D eigenvalue weighted by Gasteiger charge is -2.19. The van der Waals surface area contributed by atoms with E-state index in [9.17, 15) is 23.2 Å². The van der Waals surface area contributed by atoms with E-state index in [1.165, 1.54) is 6.07 Å². The van der Waals surface area contributed by atoms with Crippen molar-refractivity contribution >= 4 is 23.5 Å². The molecule has 1 aliphatic carbocycles. The van der Waals surface area contributed by atoms with Gasteiger partial charge in [0, 0.05) is 11.8 Å². The number of carbonyl (C=O) groups excluding carboxylic acids is 3. The normalized spacial score (nSPS) is 14.6. The van der Waals surface area contributed by atoms with Crippen LogP contribution < -0.4 is 10.6 Å². The van der Waals surface area contributed by atoms with Crippen LogP contribution in [0.5, 0.6) is 0 Å². The Hall–Kier alpha value is -2.51. The molecule has 0 spiro atoms. The Morgan fingerprint density at radius 2 is 1.76 bits per heavy atom. The van der Waals surface area contributed by atoms with Gasteiger partial charge in [0.1, 0.15) is 0 Å². The van der Waals surface area contributed by atoms with Crippen molar-refractivity contribution in [1.29, 1.82) is 0 Å². The van der Waals surface area contributed by atoms with Gasteiger partial charge in [0.15, 0.2) is 18.2 Å². The lowest BCUT2D eigenvalue weighted by molar-refractivity contribution is -0.153. The average Bonchev–Trinajstić information content (AvgIpc) is 2.61. The minimum atomic E-state index is -1.09. The monoisotopic (exact) mass is 354 g/mol. The van der Waals surface area contributed by atoms with Crippen LogP contribution >= 0.6 is 0 Å². The Morgan fingerprint density at radius 3 is 2.44 bits per heavy atom. The number of rotatable bonds is 6. The quantitative estimate of drug-likeness (QED) is 0.767. The number of hydrogen-bond donors (Lipinski definition) is 2. The van der Waals surface area contributed by atoms with Gasteiger partial charge >= 0.3 is 5.97 Å². The molecule has 8 heteroatoms. The summed E-state index contributed by atoms with van der Waals surface area (Å²) in [6.07, 6.45) is 4.62. The first-order chi connectivity index (χ1) is 12.0. The maximum absolute atomic E-state index is 13.0. The molecule has 0 radical (unpaired) electrons. The predicted octanol–water partition coefficient (Wildman–Crippen LogP) is 2.14. The fourth-order valence-corrected chi connectivity index (χ4v) is 2.60. The smallest absolute Gasteiger partial charge is 0.309 e. The van der Waals surface area contributed by atoms with Gasteiger partial charge < -0.3 is 15.4 Å². The van der Waals surface area contributed by atoms with Crippen molar-refractivity contribution in [3.63, 3.8) is 0 Å². The first kappa shape index (κ1) is 18.8.